The summed E-state index contributed by atoms with van der Waals surface area (Å²) in [6.45, 7) is 5.08. The lowest BCUT2D eigenvalue weighted by Gasteiger charge is -2.29. The van der Waals surface area contributed by atoms with Crippen molar-refractivity contribution in [1.82, 2.24) is 24.6 Å². The van der Waals surface area contributed by atoms with Gasteiger partial charge in [-0.3, -0.25) is 9.58 Å². The van der Waals surface area contributed by atoms with E-state index in [0.29, 0.717) is 5.92 Å². The van der Waals surface area contributed by atoms with Gasteiger partial charge in [0.1, 0.15) is 5.82 Å². The van der Waals surface area contributed by atoms with Crippen molar-refractivity contribution in [1.29, 1.82) is 0 Å². The standard InChI is InChI=1S/C19H27N5/c1-14-17(11-23(2)22-14)13-24-9-8-18-16(12-24)10-20-19(21-18)15-6-4-3-5-7-15/h10-11,15H,3-9,12-13H2,1-2H3. The summed E-state index contributed by atoms with van der Waals surface area (Å²) in [6.07, 6.45) is 11.9. The SMILES string of the molecule is Cc1nn(C)cc1CN1CCc2nc(C3CCCCC3)ncc2C1. The van der Waals surface area contributed by atoms with E-state index >= 15 is 0 Å². The highest BCUT2D eigenvalue weighted by Crippen LogP contribution is 2.31. The topological polar surface area (TPSA) is 46.8 Å². The van der Waals surface area contributed by atoms with Crippen LogP contribution in [0.1, 0.15) is 66.4 Å². The molecule has 0 N–H and O–H groups in total. The van der Waals surface area contributed by atoms with E-state index in [1.54, 1.807) is 0 Å². The first-order valence-corrected chi connectivity index (χ1v) is 9.25. The van der Waals surface area contributed by atoms with E-state index in [1.165, 1.54) is 48.9 Å². The Balaban J connectivity index is 1.46. The summed E-state index contributed by atoms with van der Waals surface area (Å²) in [7, 11) is 1.99. The first kappa shape index (κ1) is 15.8. The van der Waals surface area contributed by atoms with Crippen molar-refractivity contribution >= 4 is 0 Å². The lowest BCUT2D eigenvalue weighted by molar-refractivity contribution is 0.241. The maximum Gasteiger partial charge on any atom is 0.131 e. The highest BCUT2D eigenvalue weighted by Gasteiger charge is 2.23. The van der Waals surface area contributed by atoms with Crippen molar-refractivity contribution in [2.75, 3.05) is 6.54 Å². The van der Waals surface area contributed by atoms with Gasteiger partial charge in [-0.2, -0.15) is 5.10 Å². The summed E-state index contributed by atoms with van der Waals surface area (Å²) in [4.78, 5) is 12.2. The molecule has 2 aromatic heterocycles. The van der Waals surface area contributed by atoms with E-state index in [2.05, 4.69) is 29.3 Å². The quantitative estimate of drug-likeness (QED) is 0.870. The van der Waals surface area contributed by atoms with Crippen LogP contribution < -0.4 is 0 Å². The minimum atomic E-state index is 0.597. The zero-order valence-corrected chi connectivity index (χ0v) is 14.8. The van der Waals surface area contributed by atoms with E-state index in [1.807, 2.05) is 11.7 Å². The molecule has 2 aromatic rings. The molecule has 5 heteroatoms. The largest absolute Gasteiger partial charge is 0.294 e. The highest BCUT2D eigenvalue weighted by atomic mass is 15.3. The maximum absolute atomic E-state index is 4.95. The molecule has 3 heterocycles. The van der Waals surface area contributed by atoms with E-state index in [-0.39, 0.29) is 0 Å². The fourth-order valence-electron chi connectivity index (χ4n) is 4.13. The predicted octanol–water partition coefficient (Wildman–Crippen LogP) is 3.12. The molecule has 1 aliphatic heterocycles. The van der Waals surface area contributed by atoms with E-state index < -0.39 is 0 Å². The van der Waals surface area contributed by atoms with E-state index in [4.69, 9.17) is 9.97 Å². The van der Waals surface area contributed by atoms with Gasteiger partial charge >= 0.3 is 0 Å². The van der Waals surface area contributed by atoms with Crippen LogP contribution in [0.4, 0.5) is 0 Å². The average molecular weight is 325 g/mol. The van der Waals surface area contributed by atoms with Gasteiger partial charge in [-0.25, -0.2) is 9.97 Å². The molecule has 4 rings (SSSR count). The Hall–Kier alpha value is -1.75. The smallest absolute Gasteiger partial charge is 0.131 e. The highest BCUT2D eigenvalue weighted by molar-refractivity contribution is 5.23. The van der Waals surface area contributed by atoms with E-state index in [0.717, 1.165) is 37.6 Å². The Morgan fingerprint density at radius 2 is 2.04 bits per heavy atom. The van der Waals surface area contributed by atoms with Gasteiger partial charge in [-0.15, -0.1) is 0 Å². The zero-order valence-electron chi connectivity index (χ0n) is 14.8. The van der Waals surface area contributed by atoms with Crippen LogP contribution in [-0.2, 0) is 26.6 Å². The van der Waals surface area contributed by atoms with Crippen molar-refractivity contribution in [2.24, 2.45) is 7.05 Å². The first-order valence-electron chi connectivity index (χ1n) is 9.25. The van der Waals surface area contributed by atoms with E-state index in [9.17, 15) is 0 Å². The molecule has 5 nitrogen and oxygen atoms in total. The van der Waals surface area contributed by atoms with Crippen molar-refractivity contribution < 1.29 is 0 Å². The molecule has 1 saturated carbocycles. The summed E-state index contributed by atoms with van der Waals surface area (Å²) >= 11 is 0. The number of hydrogen-bond donors (Lipinski definition) is 0. The molecule has 0 aromatic carbocycles. The van der Waals surface area contributed by atoms with Gasteiger partial charge in [0.05, 0.1) is 5.69 Å². The van der Waals surface area contributed by atoms with Gasteiger partial charge in [-0.05, 0) is 19.8 Å². The Kier molecular flexibility index (Phi) is 4.35. The fraction of sp³-hybridized carbons (Fsp3) is 0.632. The third-order valence-electron chi connectivity index (χ3n) is 5.51. The molecule has 2 aliphatic rings. The number of aryl methyl sites for hydroxylation is 2. The Labute approximate surface area is 144 Å². The number of nitrogens with zero attached hydrogens (tertiary/aromatic N) is 5. The van der Waals surface area contributed by atoms with Gasteiger partial charge in [0.15, 0.2) is 0 Å². The van der Waals surface area contributed by atoms with Crippen LogP contribution in [0.5, 0.6) is 0 Å². The number of hydrogen-bond acceptors (Lipinski definition) is 4. The van der Waals surface area contributed by atoms with Crippen molar-refractivity contribution in [3.63, 3.8) is 0 Å². The Bertz CT molecular complexity index is 715. The monoisotopic (exact) mass is 325 g/mol. The van der Waals surface area contributed by atoms with Crippen LogP contribution in [0, 0.1) is 6.92 Å². The molecule has 0 unspecified atom stereocenters. The first-order chi connectivity index (χ1) is 11.7. The normalized spacial score (nSPS) is 19.4. The average Bonchev–Trinajstić information content (AvgIpc) is 2.92. The van der Waals surface area contributed by atoms with Crippen LogP contribution in [0.3, 0.4) is 0 Å². The zero-order chi connectivity index (χ0) is 16.5. The second kappa shape index (κ2) is 6.63. The summed E-state index contributed by atoms with van der Waals surface area (Å²) in [5.41, 5.74) is 5.04. The van der Waals surface area contributed by atoms with Gasteiger partial charge in [-0.1, -0.05) is 19.3 Å². The molecule has 24 heavy (non-hydrogen) atoms. The predicted molar refractivity (Wildman–Crippen MR) is 93.6 cm³/mol. The van der Waals surface area contributed by atoms with Gasteiger partial charge in [0, 0.05) is 68.2 Å². The van der Waals surface area contributed by atoms with Crippen LogP contribution in [-0.4, -0.2) is 31.2 Å². The molecular weight excluding hydrogens is 298 g/mol. The lowest BCUT2D eigenvalue weighted by atomic mass is 9.88. The molecule has 0 amide bonds. The molecule has 0 radical (unpaired) electrons. The molecule has 1 fully saturated rings. The molecule has 0 spiro atoms. The van der Waals surface area contributed by atoms with Gasteiger partial charge < -0.3 is 0 Å². The van der Waals surface area contributed by atoms with Crippen molar-refractivity contribution in [2.45, 2.75) is 64.5 Å². The Morgan fingerprint density at radius 3 is 2.79 bits per heavy atom. The summed E-state index contributed by atoms with van der Waals surface area (Å²) < 4.78 is 1.90. The van der Waals surface area contributed by atoms with Crippen LogP contribution >= 0.6 is 0 Å². The number of fused-ring (bicyclic) bond motifs is 1. The van der Waals surface area contributed by atoms with Crippen molar-refractivity contribution in [3.05, 3.63) is 40.7 Å². The summed E-state index contributed by atoms with van der Waals surface area (Å²) in [5, 5.41) is 4.45. The molecule has 0 bridgehead atoms. The summed E-state index contributed by atoms with van der Waals surface area (Å²) in [5.74, 6) is 1.70. The minimum Gasteiger partial charge on any atom is -0.294 e. The molecular formula is C19H27N5. The van der Waals surface area contributed by atoms with Crippen LogP contribution in [0.25, 0.3) is 0 Å². The molecule has 0 saturated heterocycles. The maximum atomic E-state index is 4.95. The second-order valence-electron chi connectivity index (χ2n) is 7.41. The van der Waals surface area contributed by atoms with Crippen LogP contribution in [0.15, 0.2) is 12.4 Å². The van der Waals surface area contributed by atoms with Gasteiger partial charge in [0.25, 0.3) is 0 Å². The fourth-order valence-corrected chi connectivity index (χ4v) is 4.13. The number of aromatic nitrogens is 4. The molecule has 128 valence electrons. The van der Waals surface area contributed by atoms with Gasteiger partial charge in [0.2, 0.25) is 0 Å². The molecule has 1 aliphatic carbocycles. The number of rotatable bonds is 3. The molecule has 0 atom stereocenters. The third-order valence-corrected chi connectivity index (χ3v) is 5.51. The van der Waals surface area contributed by atoms with Crippen LogP contribution in [0.2, 0.25) is 0 Å². The second-order valence-corrected chi connectivity index (χ2v) is 7.41. The lowest BCUT2D eigenvalue weighted by Crippen LogP contribution is -2.31. The Morgan fingerprint density at radius 1 is 1.21 bits per heavy atom. The summed E-state index contributed by atoms with van der Waals surface area (Å²) in [6, 6.07) is 0. The minimum absolute atomic E-state index is 0.597. The third kappa shape index (κ3) is 3.22. The van der Waals surface area contributed by atoms with Crippen molar-refractivity contribution in [3.8, 4) is 0 Å².